The fraction of sp³-hybridized carbons (Fsp3) is 0.222. The maximum absolute atomic E-state index is 5.64. The summed E-state index contributed by atoms with van der Waals surface area (Å²) in [4.78, 5) is 4.25. The molecule has 0 saturated carbocycles. The van der Waals surface area contributed by atoms with E-state index in [-0.39, 0.29) is 0 Å². The molecule has 0 unspecified atom stereocenters. The molecular weight excluding hydrogens is 248 g/mol. The Balaban J connectivity index is 2.75. The summed E-state index contributed by atoms with van der Waals surface area (Å²) in [6.07, 6.45) is 1.02. The van der Waals surface area contributed by atoms with Gasteiger partial charge in [0.15, 0.2) is 5.13 Å². The summed E-state index contributed by atoms with van der Waals surface area (Å²) >= 11 is 5.03. The quantitative estimate of drug-likeness (QED) is 0.851. The van der Waals surface area contributed by atoms with E-state index in [1.165, 1.54) is 16.9 Å². The van der Waals surface area contributed by atoms with Crippen LogP contribution in [0.1, 0.15) is 12.5 Å². The smallest absolute Gasteiger partial charge is 0.181 e. The lowest BCUT2D eigenvalue weighted by atomic mass is 10.2. The first-order chi connectivity index (χ1) is 6.20. The van der Waals surface area contributed by atoms with E-state index in [9.17, 15) is 0 Å². The van der Waals surface area contributed by atoms with Crippen LogP contribution in [0.5, 0.6) is 0 Å². The van der Waals surface area contributed by atoms with Crippen molar-refractivity contribution in [2.45, 2.75) is 13.3 Å². The monoisotopic (exact) mass is 256 g/mol. The average Bonchev–Trinajstić information content (AvgIpc) is 2.46. The molecule has 0 saturated heterocycles. The number of rotatable bonds is 1. The van der Waals surface area contributed by atoms with Crippen molar-refractivity contribution < 1.29 is 0 Å². The van der Waals surface area contributed by atoms with E-state index in [1.807, 2.05) is 0 Å². The van der Waals surface area contributed by atoms with Crippen LogP contribution in [0.25, 0.3) is 10.2 Å². The van der Waals surface area contributed by atoms with Gasteiger partial charge in [-0.05, 0) is 40.0 Å². The van der Waals surface area contributed by atoms with E-state index < -0.39 is 0 Å². The standard InChI is InChI=1S/C9H9BrN2S/c1-2-5-3-6(10)8-7(4-5)12-9(11)13-8/h3-4H,2H2,1H3,(H2,11,12). The Hall–Kier alpha value is -0.610. The summed E-state index contributed by atoms with van der Waals surface area (Å²) in [5.41, 5.74) is 7.91. The summed E-state index contributed by atoms with van der Waals surface area (Å²) in [6.45, 7) is 2.13. The average molecular weight is 257 g/mol. The molecule has 0 fully saturated rings. The van der Waals surface area contributed by atoms with Gasteiger partial charge < -0.3 is 5.73 Å². The highest BCUT2D eigenvalue weighted by Crippen LogP contribution is 2.32. The zero-order chi connectivity index (χ0) is 9.42. The molecule has 0 amide bonds. The van der Waals surface area contributed by atoms with Crippen LogP contribution in [0.3, 0.4) is 0 Å². The minimum absolute atomic E-state index is 0.629. The molecule has 13 heavy (non-hydrogen) atoms. The van der Waals surface area contributed by atoms with Gasteiger partial charge >= 0.3 is 0 Å². The van der Waals surface area contributed by atoms with Crippen LogP contribution in [-0.2, 0) is 6.42 Å². The Morgan fingerprint density at radius 3 is 3.00 bits per heavy atom. The van der Waals surface area contributed by atoms with Crippen molar-refractivity contribution in [1.82, 2.24) is 4.98 Å². The maximum Gasteiger partial charge on any atom is 0.181 e. The Morgan fingerprint density at radius 2 is 2.31 bits per heavy atom. The molecule has 0 bridgehead atoms. The lowest BCUT2D eigenvalue weighted by molar-refractivity contribution is 1.14. The summed E-state index contributed by atoms with van der Waals surface area (Å²) in [6, 6.07) is 4.22. The number of nitrogens with two attached hydrogens (primary N) is 1. The Labute approximate surface area is 88.9 Å². The zero-order valence-electron chi connectivity index (χ0n) is 7.17. The van der Waals surface area contributed by atoms with Gasteiger partial charge in [-0.1, -0.05) is 18.3 Å². The van der Waals surface area contributed by atoms with Gasteiger partial charge in [0.1, 0.15) is 0 Å². The molecule has 0 spiro atoms. The van der Waals surface area contributed by atoms with Crippen molar-refractivity contribution in [2.75, 3.05) is 5.73 Å². The van der Waals surface area contributed by atoms with Gasteiger partial charge in [0.25, 0.3) is 0 Å². The highest BCUT2D eigenvalue weighted by atomic mass is 79.9. The molecule has 1 aromatic heterocycles. The zero-order valence-corrected chi connectivity index (χ0v) is 9.58. The van der Waals surface area contributed by atoms with Gasteiger partial charge in [-0.15, -0.1) is 0 Å². The minimum atomic E-state index is 0.629. The summed E-state index contributed by atoms with van der Waals surface area (Å²) in [7, 11) is 0. The summed E-state index contributed by atoms with van der Waals surface area (Å²) in [5.74, 6) is 0. The molecule has 0 aliphatic carbocycles. The van der Waals surface area contributed by atoms with Gasteiger partial charge in [-0.3, -0.25) is 0 Å². The highest BCUT2D eigenvalue weighted by Gasteiger charge is 2.05. The van der Waals surface area contributed by atoms with E-state index >= 15 is 0 Å². The second-order valence-electron chi connectivity index (χ2n) is 2.83. The van der Waals surface area contributed by atoms with E-state index in [4.69, 9.17) is 5.73 Å². The highest BCUT2D eigenvalue weighted by molar-refractivity contribution is 9.10. The fourth-order valence-corrected chi connectivity index (χ4v) is 2.73. The molecule has 2 rings (SSSR count). The largest absolute Gasteiger partial charge is 0.375 e. The second kappa shape index (κ2) is 3.27. The lowest BCUT2D eigenvalue weighted by Crippen LogP contribution is -1.82. The van der Waals surface area contributed by atoms with Gasteiger partial charge in [0.05, 0.1) is 10.2 Å². The third-order valence-electron chi connectivity index (χ3n) is 1.93. The molecule has 0 radical (unpaired) electrons. The van der Waals surface area contributed by atoms with E-state index in [0.29, 0.717) is 5.13 Å². The number of halogens is 1. The van der Waals surface area contributed by atoms with Crippen LogP contribution in [0, 0.1) is 0 Å². The number of fused-ring (bicyclic) bond motifs is 1. The summed E-state index contributed by atoms with van der Waals surface area (Å²) < 4.78 is 2.23. The Bertz CT molecular complexity index is 450. The molecule has 2 aromatic rings. The van der Waals surface area contributed by atoms with Gasteiger partial charge in [0.2, 0.25) is 0 Å². The molecule has 2 nitrogen and oxygen atoms in total. The van der Waals surface area contributed by atoms with E-state index in [0.717, 1.165) is 21.1 Å². The molecule has 1 heterocycles. The topological polar surface area (TPSA) is 38.9 Å². The first-order valence-corrected chi connectivity index (χ1v) is 5.66. The molecule has 1 aromatic carbocycles. The summed E-state index contributed by atoms with van der Waals surface area (Å²) in [5, 5.41) is 0.629. The normalized spacial score (nSPS) is 10.9. The van der Waals surface area contributed by atoms with Crippen molar-refractivity contribution in [3.63, 3.8) is 0 Å². The molecule has 68 valence electrons. The van der Waals surface area contributed by atoms with E-state index in [2.05, 4.69) is 40.0 Å². The van der Waals surface area contributed by atoms with Crippen LogP contribution in [0.2, 0.25) is 0 Å². The Kier molecular flexibility index (Phi) is 2.26. The molecule has 0 aliphatic heterocycles. The van der Waals surface area contributed by atoms with Gasteiger partial charge in [-0.2, -0.15) is 0 Å². The van der Waals surface area contributed by atoms with E-state index in [1.54, 1.807) is 0 Å². The minimum Gasteiger partial charge on any atom is -0.375 e. The maximum atomic E-state index is 5.64. The third kappa shape index (κ3) is 1.56. The lowest BCUT2D eigenvalue weighted by Gasteiger charge is -1.97. The Morgan fingerprint density at radius 1 is 1.54 bits per heavy atom. The first kappa shape index (κ1) is 8.97. The number of aromatic nitrogens is 1. The van der Waals surface area contributed by atoms with Gasteiger partial charge in [0, 0.05) is 4.47 Å². The third-order valence-corrected chi connectivity index (χ3v) is 3.75. The molecule has 0 aliphatic rings. The van der Waals surface area contributed by atoms with Crippen LogP contribution in [-0.4, -0.2) is 4.98 Å². The SMILES string of the molecule is CCc1cc(Br)c2sc(N)nc2c1. The number of hydrogen-bond acceptors (Lipinski definition) is 3. The van der Waals surface area contributed by atoms with Crippen molar-refractivity contribution in [3.05, 3.63) is 22.2 Å². The second-order valence-corrected chi connectivity index (χ2v) is 4.72. The number of anilines is 1. The molecule has 4 heteroatoms. The first-order valence-electron chi connectivity index (χ1n) is 4.05. The molecule has 2 N–H and O–H groups in total. The molecule has 0 atom stereocenters. The van der Waals surface area contributed by atoms with Crippen molar-refractivity contribution in [2.24, 2.45) is 0 Å². The van der Waals surface area contributed by atoms with Crippen LogP contribution in [0.4, 0.5) is 5.13 Å². The predicted molar refractivity (Wildman–Crippen MR) is 61.1 cm³/mol. The van der Waals surface area contributed by atoms with Crippen LogP contribution >= 0.6 is 27.3 Å². The molecular formula is C9H9BrN2S. The van der Waals surface area contributed by atoms with Crippen molar-refractivity contribution in [3.8, 4) is 0 Å². The number of thiazole rings is 1. The van der Waals surface area contributed by atoms with Gasteiger partial charge in [-0.25, -0.2) is 4.98 Å². The fourth-order valence-electron chi connectivity index (χ4n) is 1.27. The number of nitrogens with zero attached hydrogens (tertiary/aromatic N) is 1. The van der Waals surface area contributed by atoms with Crippen molar-refractivity contribution >= 4 is 42.6 Å². The van der Waals surface area contributed by atoms with Crippen LogP contribution < -0.4 is 5.73 Å². The number of aryl methyl sites for hydroxylation is 1. The number of hydrogen-bond donors (Lipinski definition) is 1. The number of benzene rings is 1. The van der Waals surface area contributed by atoms with Crippen molar-refractivity contribution in [1.29, 1.82) is 0 Å². The predicted octanol–water partition coefficient (Wildman–Crippen LogP) is 3.20. The number of nitrogen functional groups attached to an aromatic ring is 1. The van der Waals surface area contributed by atoms with Crippen LogP contribution in [0.15, 0.2) is 16.6 Å².